The van der Waals surface area contributed by atoms with Crippen LogP contribution in [0.3, 0.4) is 0 Å². The second kappa shape index (κ2) is 5.02. The van der Waals surface area contributed by atoms with Gasteiger partial charge in [0.25, 0.3) is 0 Å². The second-order valence-corrected chi connectivity index (χ2v) is 6.37. The molecule has 2 unspecified atom stereocenters. The second-order valence-electron chi connectivity index (χ2n) is 6.37. The Kier molecular flexibility index (Phi) is 3.79. The highest BCUT2D eigenvalue weighted by Gasteiger charge is 2.33. The summed E-state index contributed by atoms with van der Waals surface area (Å²) in [5.41, 5.74) is 2.73. The van der Waals surface area contributed by atoms with Gasteiger partial charge in [-0.25, -0.2) is 0 Å². The van der Waals surface area contributed by atoms with Crippen LogP contribution in [0, 0.1) is 0 Å². The lowest BCUT2D eigenvalue weighted by Crippen LogP contribution is -2.55. The van der Waals surface area contributed by atoms with E-state index >= 15 is 0 Å². The molecule has 2 atom stereocenters. The highest BCUT2D eigenvalue weighted by molar-refractivity contribution is 5.27. The molecule has 0 spiro atoms. The van der Waals surface area contributed by atoms with Crippen molar-refractivity contribution in [3.63, 3.8) is 0 Å². The Morgan fingerprint density at radius 1 is 1.22 bits per heavy atom. The molecule has 1 N–H and O–H groups in total. The first-order chi connectivity index (χ1) is 8.39. The molecule has 0 saturated carbocycles. The van der Waals surface area contributed by atoms with E-state index in [1.54, 1.807) is 0 Å². The van der Waals surface area contributed by atoms with Gasteiger partial charge in [-0.1, -0.05) is 38.1 Å². The van der Waals surface area contributed by atoms with Crippen LogP contribution in [0.2, 0.25) is 0 Å². The Hall–Kier alpha value is -0.860. The van der Waals surface area contributed by atoms with Crippen LogP contribution in [0.5, 0.6) is 0 Å². The van der Waals surface area contributed by atoms with Gasteiger partial charge in [0.15, 0.2) is 0 Å². The molecule has 0 amide bonds. The minimum absolute atomic E-state index is 0.0772. The van der Waals surface area contributed by atoms with Crippen molar-refractivity contribution in [2.24, 2.45) is 0 Å². The van der Waals surface area contributed by atoms with Crippen LogP contribution in [0.1, 0.15) is 57.8 Å². The first kappa shape index (κ1) is 13.6. The molecule has 0 aliphatic carbocycles. The van der Waals surface area contributed by atoms with Crippen LogP contribution in [0.25, 0.3) is 0 Å². The van der Waals surface area contributed by atoms with Gasteiger partial charge in [-0.15, -0.1) is 0 Å². The number of nitrogens with one attached hydrogen (secondary N) is 1. The van der Waals surface area contributed by atoms with Gasteiger partial charge in [-0.2, -0.15) is 0 Å². The fourth-order valence-corrected chi connectivity index (χ4v) is 2.63. The number of hydrogen-bond acceptors (Lipinski definition) is 2. The van der Waals surface area contributed by atoms with Crippen LogP contribution >= 0.6 is 0 Å². The summed E-state index contributed by atoms with van der Waals surface area (Å²) in [5, 5.41) is 3.62. The quantitative estimate of drug-likeness (QED) is 0.861. The van der Waals surface area contributed by atoms with E-state index in [0.717, 1.165) is 6.61 Å². The zero-order chi connectivity index (χ0) is 13.3. The van der Waals surface area contributed by atoms with Crippen LogP contribution in [-0.2, 0) is 4.74 Å². The van der Waals surface area contributed by atoms with Crippen LogP contribution < -0.4 is 5.32 Å². The first-order valence-electron chi connectivity index (χ1n) is 6.88. The molecule has 1 aromatic rings. The van der Waals surface area contributed by atoms with Gasteiger partial charge in [0.05, 0.1) is 12.7 Å². The maximum Gasteiger partial charge on any atom is 0.0976 e. The van der Waals surface area contributed by atoms with Crippen molar-refractivity contribution in [3.05, 3.63) is 35.4 Å². The smallest absolute Gasteiger partial charge is 0.0976 e. The third kappa shape index (κ3) is 2.93. The number of ether oxygens (including phenoxy) is 1. The summed E-state index contributed by atoms with van der Waals surface area (Å²) in [7, 11) is 0. The van der Waals surface area contributed by atoms with E-state index < -0.39 is 0 Å². The molecule has 1 fully saturated rings. The van der Waals surface area contributed by atoms with Crippen molar-refractivity contribution < 1.29 is 4.74 Å². The summed E-state index contributed by atoms with van der Waals surface area (Å²) in [6.45, 7) is 11.8. The lowest BCUT2D eigenvalue weighted by molar-refractivity contribution is -0.0495. The predicted octanol–water partition coefficient (Wildman–Crippen LogP) is 3.64. The van der Waals surface area contributed by atoms with Crippen molar-refractivity contribution in [1.29, 1.82) is 0 Å². The zero-order valence-corrected chi connectivity index (χ0v) is 12.2. The summed E-state index contributed by atoms with van der Waals surface area (Å²) in [4.78, 5) is 0. The van der Waals surface area contributed by atoms with E-state index in [0.29, 0.717) is 12.0 Å². The number of rotatable bonds is 2. The van der Waals surface area contributed by atoms with Crippen molar-refractivity contribution >= 4 is 0 Å². The van der Waals surface area contributed by atoms with E-state index in [9.17, 15) is 0 Å². The molecule has 0 aromatic heterocycles. The fraction of sp³-hybridized carbons (Fsp3) is 0.625. The minimum atomic E-state index is 0.0772. The maximum atomic E-state index is 6.03. The summed E-state index contributed by atoms with van der Waals surface area (Å²) in [5.74, 6) is 0.584. The van der Waals surface area contributed by atoms with E-state index in [1.165, 1.54) is 11.1 Å². The lowest BCUT2D eigenvalue weighted by Gasteiger charge is -2.41. The van der Waals surface area contributed by atoms with Crippen molar-refractivity contribution in [2.45, 2.75) is 58.2 Å². The zero-order valence-electron chi connectivity index (χ0n) is 12.2. The third-order valence-corrected chi connectivity index (χ3v) is 3.63. The monoisotopic (exact) mass is 247 g/mol. The molecule has 1 saturated heterocycles. The standard InChI is InChI=1S/C16H25NO/c1-11(2)13-6-8-14(9-7-13)15-12(3)17-16(4,5)10-18-15/h6-9,11-12,15,17H,10H2,1-5H3. The minimum Gasteiger partial charge on any atom is -0.370 e. The van der Waals surface area contributed by atoms with Gasteiger partial charge in [0, 0.05) is 11.6 Å². The summed E-state index contributed by atoms with van der Waals surface area (Å²) in [6.07, 6.45) is 0.166. The van der Waals surface area contributed by atoms with Crippen molar-refractivity contribution in [2.75, 3.05) is 6.61 Å². The molecule has 1 aliphatic rings. The number of benzene rings is 1. The Labute approximate surface area is 111 Å². The van der Waals surface area contributed by atoms with Crippen LogP contribution in [0.15, 0.2) is 24.3 Å². The van der Waals surface area contributed by atoms with Gasteiger partial charge in [0.1, 0.15) is 0 Å². The molecule has 1 heterocycles. The topological polar surface area (TPSA) is 21.3 Å². The van der Waals surface area contributed by atoms with Gasteiger partial charge in [-0.05, 0) is 37.8 Å². The fourth-order valence-electron chi connectivity index (χ4n) is 2.63. The maximum absolute atomic E-state index is 6.03. The molecule has 0 radical (unpaired) electrons. The molecule has 0 bridgehead atoms. The third-order valence-electron chi connectivity index (χ3n) is 3.63. The molecule has 18 heavy (non-hydrogen) atoms. The largest absolute Gasteiger partial charge is 0.370 e. The lowest BCUT2D eigenvalue weighted by atomic mass is 9.94. The van der Waals surface area contributed by atoms with Crippen molar-refractivity contribution in [3.8, 4) is 0 Å². The molecular formula is C16H25NO. The number of hydrogen-bond donors (Lipinski definition) is 1. The van der Waals surface area contributed by atoms with Crippen molar-refractivity contribution in [1.82, 2.24) is 5.32 Å². The first-order valence-corrected chi connectivity index (χ1v) is 6.88. The van der Waals surface area contributed by atoms with Gasteiger partial charge < -0.3 is 10.1 Å². The molecule has 2 nitrogen and oxygen atoms in total. The Morgan fingerprint density at radius 2 is 1.83 bits per heavy atom. The Bertz CT molecular complexity index is 394. The molecule has 100 valence electrons. The number of morpholine rings is 1. The highest BCUT2D eigenvalue weighted by Crippen LogP contribution is 2.29. The predicted molar refractivity (Wildman–Crippen MR) is 75.9 cm³/mol. The molecular weight excluding hydrogens is 222 g/mol. The van der Waals surface area contributed by atoms with Gasteiger partial charge in [0.2, 0.25) is 0 Å². The average Bonchev–Trinajstić information content (AvgIpc) is 2.28. The van der Waals surface area contributed by atoms with Gasteiger partial charge in [-0.3, -0.25) is 0 Å². The Morgan fingerprint density at radius 3 is 2.33 bits per heavy atom. The van der Waals surface area contributed by atoms with Crippen LogP contribution in [-0.4, -0.2) is 18.2 Å². The van der Waals surface area contributed by atoms with E-state index in [1.807, 2.05) is 0 Å². The molecule has 1 aromatic carbocycles. The van der Waals surface area contributed by atoms with E-state index in [4.69, 9.17) is 4.74 Å². The van der Waals surface area contributed by atoms with E-state index in [-0.39, 0.29) is 11.6 Å². The van der Waals surface area contributed by atoms with Gasteiger partial charge >= 0.3 is 0 Å². The highest BCUT2D eigenvalue weighted by atomic mass is 16.5. The Balaban J connectivity index is 2.12. The van der Waals surface area contributed by atoms with Crippen LogP contribution in [0.4, 0.5) is 0 Å². The molecule has 1 aliphatic heterocycles. The summed E-state index contributed by atoms with van der Waals surface area (Å²) >= 11 is 0. The molecule has 2 heteroatoms. The summed E-state index contributed by atoms with van der Waals surface area (Å²) in [6, 6.07) is 9.19. The van der Waals surface area contributed by atoms with E-state index in [2.05, 4.69) is 64.2 Å². The SMILES string of the molecule is CC(C)c1ccc(C2OCC(C)(C)NC2C)cc1. The molecule has 2 rings (SSSR count). The normalized spacial score (nSPS) is 27.4. The average molecular weight is 247 g/mol. The summed E-state index contributed by atoms with van der Waals surface area (Å²) < 4.78 is 6.03.